The van der Waals surface area contributed by atoms with Crippen molar-refractivity contribution in [2.45, 2.75) is 0 Å². The number of ether oxygens (including phenoxy) is 1. The summed E-state index contributed by atoms with van der Waals surface area (Å²) in [5, 5.41) is 20.6. The molecule has 2 aromatic heterocycles. The smallest absolute Gasteiger partial charge is 0.295 e. The lowest BCUT2D eigenvalue weighted by Gasteiger charge is -2.37. The summed E-state index contributed by atoms with van der Waals surface area (Å²) in [4.78, 5) is 37.2. The molecule has 192 valence electrons. The van der Waals surface area contributed by atoms with Crippen LogP contribution in [0, 0.1) is 22.7 Å². The molecule has 1 aliphatic rings. The Morgan fingerprint density at radius 1 is 1.13 bits per heavy atom. The van der Waals surface area contributed by atoms with Gasteiger partial charge in [-0.05, 0) is 5.56 Å². The van der Waals surface area contributed by atoms with Crippen molar-refractivity contribution in [2.75, 3.05) is 38.3 Å². The molecule has 1 saturated heterocycles. The number of H-pyrrole nitrogens is 1. The van der Waals surface area contributed by atoms with Gasteiger partial charge in [0.1, 0.15) is 17.9 Å². The van der Waals surface area contributed by atoms with E-state index in [-0.39, 0.29) is 30.0 Å². The lowest BCUT2D eigenvalue weighted by molar-refractivity contribution is -0.127. The number of methoxy groups -OCH3 is 1. The van der Waals surface area contributed by atoms with Crippen LogP contribution < -0.4 is 21.3 Å². The van der Waals surface area contributed by atoms with E-state index in [1.54, 1.807) is 0 Å². The molecule has 12 heteroatoms. The number of anilines is 1. The molecule has 0 spiro atoms. The number of hydrogen-bond acceptors (Lipinski definition) is 10. The van der Waals surface area contributed by atoms with Gasteiger partial charge in [0.15, 0.2) is 11.4 Å². The van der Waals surface area contributed by atoms with E-state index >= 15 is 0 Å². The zero-order valence-electron chi connectivity index (χ0n) is 20.6. The van der Waals surface area contributed by atoms with Crippen molar-refractivity contribution in [3.63, 3.8) is 0 Å². The van der Waals surface area contributed by atoms with Crippen molar-refractivity contribution in [3.05, 3.63) is 71.8 Å². The van der Waals surface area contributed by atoms with E-state index in [4.69, 9.17) is 16.3 Å². The molecular weight excluding hydrogens is 486 g/mol. The number of pyridine rings is 1. The van der Waals surface area contributed by atoms with Crippen LogP contribution in [0.25, 0.3) is 16.6 Å². The molecule has 38 heavy (non-hydrogen) atoms. The summed E-state index contributed by atoms with van der Waals surface area (Å²) in [6, 6.07) is 13.1. The van der Waals surface area contributed by atoms with Crippen molar-refractivity contribution in [1.29, 1.82) is 10.5 Å². The quantitative estimate of drug-likeness (QED) is 0.138. The fourth-order valence-electron chi connectivity index (χ4n) is 4.40. The first-order valence-electron chi connectivity index (χ1n) is 11.6. The van der Waals surface area contributed by atoms with Crippen LogP contribution in [-0.2, 0) is 4.79 Å². The number of Topliss-reactive ketones (excluding diaryl/α,β-unsaturated/α-hetero) is 1. The van der Waals surface area contributed by atoms with Crippen LogP contribution in [0.2, 0.25) is 0 Å². The van der Waals surface area contributed by atoms with Crippen molar-refractivity contribution >= 4 is 34.1 Å². The molecule has 1 aliphatic heterocycles. The predicted octanol–water partition coefficient (Wildman–Crippen LogP) is 1.47. The molecule has 4 rings (SSSR count). The molecule has 0 atom stereocenters. The highest BCUT2D eigenvalue weighted by Gasteiger charge is 2.31. The third kappa shape index (κ3) is 4.72. The van der Waals surface area contributed by atoms with Gasteiger partial charge >= 0.3 is 0 Å². The number of piperazine rings is 1. The largest absolute Gasteiger partial charge is 0.494 e. The highest BCUT2D eigenvalue weighted by molar-refractivity contribution is 6.45. The third-order valence-electron chi connectivity index (χ3n) is 6.20. The number of carbonyl (C=O) groups excluding carboxylic acids is 2. The second kappa shape index (κ2) is 11.2. The first-order chi connectivity index (χ1) is 18.4. The maximum Gasteiger partial charge on any atom is 0.295 e. The number of nitrogens with two attached hydrogens (primary N) is 2. The zero-order chi connectivity index (χ0) is 27.2. The number of nitriles is 2. The number of hydrogen-bond donors (Lipinski definition) is 3. The Morgan fingerprint density at radius 2 is 1.79 bits per heavy atom. The highest BCUT2D eigenvalue weighted by Crippen LogP contribution is 2.34. The minimum absolute atomic E-state index is 0.0132. The van der Waals surface area contributed by atoms with Crippen LogP contribution >= 0.6 is 0 Å². The van der Waals surface area contributed by atoms with Crippen molar-refractivity contribution in [3.8, 4) is 17.9 Å². The van der Waals surface area contributed by atoms with Gasteiger partial charge in [0, 0.05) is 44.8 Å². The standard InChI is InChI=1S/C26H25N9O3/c1-38-20-16-32-25(35(30)8-7-27)22-21(20)19(15-31-22)24(36)26(37)34-11-9-33(10-12-34)23(18(13-28)14-29)17-5-3-2-4-6-17/h2-8,15-16,31H,9-12,27,30H2,1H3/b8-7-. The van der Waals surface area contributed by atoms with Gasteiger partial charge in [-0.15, -0.1) is 0 Å². The van der Waals surface area contributed by atoms with Gasteiger partial charge in [-0.1, -0.05) is 30.3 Å². The average Bonchev–Trinajstić information content (AvgIpc) is 3.40. The third-order valence-corrected chi connectivity index (χ3v) is 6.20. The number of benzene rings is 1. The summed E-state index contributed by atoms with van der Waals surface area (Å²) in [5.41, 5.74) is 7.19. The first kappa shape index (κ1) is 25.8. The van der Waals surface area contributed by atoms with Gasteiger partial charge in [-0.2, -0.15) is 10.5 Å². The number of nitrogens with one attached hydrogen (secondary N) is 1. The number of hydrazine groups is 1. The summed E-state index contributed by atoms with van der Waals surface area (Å²) in [5.74, 6) is 5.17. The van der Waals surface area contributed by atoms with E-state index in [0.29, 0.717) is 35.4 Å². The Morgan fingerprint density at radius 3 is 2.39 bits per heavy atom. The molecule has 5 N–H and O–H groups in total. The van der Waals surface area contributed by atoms with Gasteiger partial charge in [0.05, 0.1) is 35.5 Å². The van der Waals surface area contributed by atoms with Crippen LogP contribution in [0.1, 0.15) is 15.9 Å². The Hall–Kier alpha value is -5.33. The number of carbonyl (C=O) groups is 2. The Labute approximate surface area is 218 Å². The fraction of sp³-hybridized carbons (Fsp3) is 0.192. The zero-order valence-corrected chi connectivity index (χ0v) is 20.6. The summed E-state index contributed by atoms with van der Waals surface area (Å²) in [6.07, 6.45) is 5.47. The van der Waals surface area contributed by atoms with E-state index in [1.165, 1.54) is 41.8 Å². The predicted molar refractivity (Wildman–Crippen MR) is 140 cm³/mol. The van der Waals surface area contributed by atoms with Gasteiger partial charge in [-0.3, -0.25) is 14.6 Å². The van der Waals surface area contributed by atoms with Crippen molar-refractivity contribution in [2.24, 2.45) is 11.6 Å². The van der Waals surface area contributed by atoms with Gasteiger partial charge in [0.2, 0.25) is 0 Å². The summed E-state index contributed by atoms with van der Waals surface area (Å²) in [7, 11) is 1.44. The average molecular weight is 512 g/mol. The Bertz CT molecular complexity index is 1490. The molecule has 0 saturated carbocycles. The molecule has 3 aromatic rings. The Balaban J connectivity index is 1.58. The molecule has 3 heterocycles. The number of nitrogens with zero attached hydrogens (tertiary/aromatic N) is 6. The molecule has 0 aliphatic carbocycles. The molecule has 1 fully saturated rings. The SMILES string of the molecule is COc1cnc(N(N)/C=C\N)c2[nH]cc(C(=O)C(=O)N3CCN(C(=C(C#N)C#N)c4ccccc4)CC3)c12. The Kier molecular flexibility index (Phi) is 7.56. The van der Waals surface area contributed by atoms with E-state index < -0.39 is 11.7 Å². The van der Waals surface area contributed by atoms with E-state index in [9.17, 15) is 20.1 Å². The second-order valence-electron chi connectivity index (χ2n) is 8.27. The van der Waals surface area contributed by atoms with Crippen molar-refractivity contribution < 1.29 is 14.3 Å². The van der Waals surface area contributed by atoms with Crippen LogP contribution in [0.4, 0.5) is 5.82 Å². The minimum atomic E-state index is -0.716. The van der Waals surface area contributed by atoms with Crippen LogP contribution in [0.3, 0.4) is 0 Å². The van der Waals surface area contributed by atoms with Crippen LogP contribution in [0.5, 0.6) is 5.75 Å². The second-order valence-corrected chi connectivity index (χ2v) is 8.27. The number of aromatic amines is 1. The molecule has 0 unspecified atom stereocenters. The van der Waals surface area contributed by atoms with E-state index in [0.717, 1.165) is 5.56 Å². The summed E-state index contributed by atoms with van der Waals surface area (Å²) < 4.78 is 5.40. The van der Waals surface area contributed by atoms with Crippen LogP contribution in [-0.4, -0.2) is 64.7 Å². The molecule has 0 bridgehead atoms. The molecule has 1 amide bonds. The molecule has 1 aromatic carbocycles. The van der Waals surface area contributed by atoms with Crippen molar-refractivity contribution in [1.82, 2.24) is 19.8 Å². The monoisotopic (exact) mass is 511 g/mol. The van der Waals surface area contributed by atoms with Gasteiger partial charge in [-0.25, -0.2) is 10.8 Å². The minimum Gasteiger partial charge on any atom is -0.494 e. The highest BCUT2D eigenvalue weighted by atomic mass is 16.5. The fourth-order valence-corrected chi connectivity index (χ4v) is 4.40. The number of ketones is 1. The number of allylic oxidation sites excluding steroid dienone is 1. The normalized spacial score (nSPS) is 13.2. The summed E-state index contributed by atoms with van der Waals surface area (Å²) >= 11 is 0. The maximum absolute atomic E-state index is 13.4. The number of fused-ring (bicyclic) bond motifs is 1. The molecule has 12 nitrogen and oxygen atoms in total. The molecule has 0 radical (unpaired) electrons. The van der Waals surface area contributed by atoms with E-state index in [2.05, 4.69) is 9.97 Å². The maximum atomic E-state index is 13.4. The summed E-state index contributed by atoms with van der Waals surface area (Å²) in [6.45, 7) is 1.15. The van der Waals surface area contributed by atoms with Gasteiger partial charge in [0.25, 0.3) is 11.7 Å². The number of amides is 1. The topological polar surface area (TPSA) is 181 Å². The molecular formula is C26H25N9O3. The van der Waals surface area contributed by atoms with Crippen LogP contribution in [0.15, 0.2) is 60.7 Å². The number of aromatic nitrogens is 2. The lowest BCUT2D eigenvalue weighted by Crippen LogP contribution is -2.50. The number of rotatable bonds is 7. The van der Waals surface area contributed by atoms with E-state index in [1.807, 2.05) is 47.4 Å². The first-order valence-corrected chi connectivity index (χ1v) is 11.6. The lowest BCUT2D eigenvalue weighted by atomic mass is 10.0. The van der Waals surface area contributed by atoms with Gasteiger partial charge < -0.3 is 25.3 Å².